The minimum Gasteiger partial charge on any atom is -0.493 e. The molecule has 0 aliphatic carbocycles. The van der Waals surface area contributed by atoms with E-state index in [-0.39, 0.29) is 17.6 Å². The Hall–Kier alpha value is -3.75. The number of hydrogen-bond acceptors (Lipinski definition) is 5. The van der Waals surface area contributed by atoms with Gasteiger partial charge >= 0.3 is 0 Å². The minimum atomic E-state index is -0.221. The van der Waals surface area contributed by atoms with E-state index >= 15 is 0 Å². The van der Waals surface area contributed by atoms with E-state index in [2.05, 4.69) is 39.4 Å². The number of fused-ring (bicyclic) bond motifs is 1. The molecule has 5 rings (SSSR count). The minimum absolute atomic E-state index is 0.0390. The van der Waals surface area contributed by atoms with E-state index in [1.807, 2.05) is 41.3 Å². The van der Waals surface area contributed by atoms with E-state index in [4.69, 9.17) is 4.74 Å². The molecule has 3 aromatic carbocycles. The van der Waals surface area contributed by atoms with Gasteiger partial charge in [0.1, 0.15) is 11.6 Å². The number of halogens is 1. The summed E-state index contributed by atoms with van der Waals surface area (Å²) < 4.78 is 19.5. The molecule has 0 saturated carbocycles. The second kappa shape index (κ2) is 15.6. The lowest BCUT2D eigenvalue weighted by Crippen LogP contribution is -2.48. The van der Waals surface area contributed by atoms with Gasteiger partial charge in [0.25, 0.3) is 0 Å². The maximum Gasteiger partial charge on any atom is 0.234 e. The molecule has 0 atom stereocenters. The van der Waals surface area contributed by atoms with Crippen LogP contribution in [0.3, 0.4) is 0 Å². The van der Waals surface area contributed by atoms with E-state index < -0.39 is 0 Å². The Labute approximate surface area is 254 Å². The molecule has 43 heavy (non-hydrogen) atoms. The molecular weight excluding hydrogens is 543 g/mol. The maximum absolute atomic E-state index is 13.2. The van der Waals surface area contributed by atoms with Crippen LogP contribution in [0.1, 0.15) is 47.9 Å². The van der Waals surface area contributed by atoms with Crippen LogP contribution in [-0.2, 0) is 35.6 Å². The number of hydrogen-bond donors (Lipinski definition) is 1. The molecule has 0 bridgehead atoms. The highest BCUT2D eigenvalue weighted by atomic mass is 19.1. The van der Waals surface area contributed by atoms with Crippen molar-refractivity contribution in [1.82, 2.24) is 20.0 Å². The highest BCUT2D eigenvalue weighted by Crippen LogP contribution is 2.25. The normalized spacial score (nSPS) is 17.5. The van der Waals surface area contributed by atoms with Crippen molar-refractivity contribution >= 4 is 11.8 Å². The van der Waals surface area contributed by atoms with Crippen LogP contribution in [0.25, 0.3) is 0 Å². The van der Waals surface area contributed by atoms with Crippen LogP contribution >= 0.6 is 0 Å². The molecule has 8 heteroatoms. The van der Waals surface area contributed by atoms with Gasteiger partial charge in [0.15, 0.2) is 0 Å². The highest BCUT2D eigenvalue weighted by molar-refractivity contribution is 5.78. The van der Waals surface area contributed by atoms with Crippen LogP contribution in [0.4, 0.5) is 4.39 Å². The lowest BCUT2D eigenvalue weighted by Gasteiger charge is -2.35. The molecule has 228 valence electrons. The standard InChI is InChI=1S/C35H43FN4O3/c36-32-13-9-30(10-14-32)24-38-18-20-40(21-19-38)35(42)16-12-28-11-15-33-31(23-28)26-39(25-29-7-3-1-4-8-29)27-34(41)37-17-5-2-6-22-43-33/h1,3-4,7-11,13-15,23H,2,5-6,12,16-22,24-27H2,(H,37,41). The maximum atomic E-state index is 13.2. The molecule has 3 aromatic rings. The van der Waals surface area contributed by atoms with Crippen molar-refractivity contribution in [3.8, 4) is 5.75 Å². The summed E-state index contributed by atoms with van der Waals surface area (Å²) in [6.45, 7) is 6.67. The summed E-state index contributed by atoms with van der Waals surface area (Å²) in [5.74, 6) is 0.840. The topological polar surface area (TPSA) is 65.1 Å². The third kappa shape index (κ3) is 9.63. The van der Waals surface area contributed by atoms with Crippen LogP contribution in [0.2, 0.25) is 0 Å². The predicted octanol–water partition coefficient (Wildman–Crippen LogP) is 4.78. The number of aryl methyl sites for hydroxylation is 1. The quantitative estimate of drug-likeness (QED) is 0.432. The molecule has 1 fully saturated rings. The van der Waals surface area contributed by atoms with Gasteiger partial charge in [0.2, 0.25) is 11.8 Å². The number of ether oxygens (including phenoxy) is 1. The average Bonchev–Trinajstić information content (AvgIpc) is 3.03. The summed E-state index contributed by atoms with van der Waals surface area (Å²) in [4.78, 5) is 32.3. The van der Waals surface area contributed by atoms with E-state index in [0.29, 0.717) is 58.7 Å². The van der Waals surface area contributed by atoms with Gasteiger partial charge in [-0.2, -0.15) is 0 Å². The Bertz CT molecular complexity index is 1330. The van der Waals surface area contributed by atoms with Crippen molar-refractivity contribution < 1.29 is 18.7 Å². The molecular formula is C35H43FN4O3. The van der Waals surface area contributed by atoms with Gasteiger partial charge in [0.05, 0.1) is 13.2 Å². The molecule has 1 saturated heterocycles. The fourth-order valence-electron chi connectivity index (χ4n) is 5.79. The summed E-state index contributed by atoms with van der Waals surface area (Å²) in [6.07, 6.45) is 3.99. The third-order valence-corrected chi connectivity index (χ3v) is 8.21. The summed E-state index contributed by atoms with van der Waals surface area (Å²) in [7, 11) is 0. The van der Waals surface area contributed by atoms with Crippen molar-refractivity contribution in [1.29, 1.82) is 0 Å². The molecule has 7 nitrogen and oxygen atoms in total. The van der Waals surface area contributed by atoms with Crippen LogP contribution in [0.15, 0.2) is 72.8 Å². The van der Waals surface area contributed by atoms with Gasteiger partial charge < -0.3 is 15.0 Å². The fraction of sp³-hybridized carbons (Fsp3) is 0.429. The number of carbonyl (C=O) groups is 2. The van der Waals surface area contributed by atoms with Crippen LogP contribution < -0.4 is 10.1 Å². The number of nitrogens with one attached hydrogen (secondary N) is 1. The van der Waals surface area contributed by atoms with Gasteiger partial charge in [0, 0.05) is 64.3 Å². The van der Waals surface area contributed by atoms with E-state index in [1.165, 1.54) is 12.1 Å². The zero-order chi connectivity index (χ0) is 29.9. The molecule has 2 amide bonds. The first-order valence-electron chi connectivity index (χ1n) is 15.5. The summed E-state index contributed by atoms with van der Waals surface area (Å²) in [5, 5.41) is 3.07. The Morgan fingerprint density at radius 1 is 0.791 bits per heavy atom. The second-order valence-corrected chi connectivity index (χ2v) is 11.6. The monoisotopic (exact) mass is 586 g/mol. The summed E-state index contributed by atoms with van der Waals surface area (Å²) >= 11 is 0. The Balaban J connectivity index is 1.20. The lowest BCUT2D eigenvalue weighted by atomic mass is 10.0. The summed E-state index contributed by atoms with van der Waals surface area (Å²) in [5.41, 5.74) is 4.38. The summed E-state index contributed by atoms with van der Waals surface area (Å²) in [6, 6.07) is 23.1. The van der Waals surface area contributed by atoms with Gasteiger partial charge in [-0.05, 0) is 60.6 Å². The first kappa shape index (κ1) is 30.7. The number of amides is 2. The van der Waals surface area contributed by atoms with Crippen LogP contribution in [0.5, 0.6) is 5.75 Å². The van der Waals surface area contributed by atoms with E-state index in [0.717, 1.165) is 66.9 Å². The zero-order valence-electron chi connectivity index (χ0n) is 25.0. The first-order valence-corrected chi connectivity index (χ1v) is 15.5. The number of carbonyl (C=O) groups excluding carboxylic acids is 2. The zero-order valence-corrected chi connectivity index (χ0v) is 25.0. The average molecular weight is 587 g/mol. The number of rotatable bonds is 7. The molecule has 0 unspecified atom stereocenters. The Morgan fingerprint density at radius 2 is 1.51 bits per heavy atom. The second-order valence-electron chi connectivity index (χ2n) is 11.6. The first-order chi connectivity index (χ1) is 21.0. The third-order valence-electron chi connectivity index (χ3n) is 8.21. The van der Waals surface area contributed by atoms with Gasteiger partial charge in [-0.1, -0.05) is 54.6 Å². The van der Waals surface area contributed by atoms with Crippen molar-refractivity contribution in [3.05, 3.63) is 101 Å². The van der Waals surface area contributed by atoms with Gasteiger partial charge in [-0.3, -0.25) is 19.4 Å². The van der Waals surface area contributed by atoms with E-state index in [1.54, 1.807) is 0 Å². The highest BCUT2D eigenvalue weighted by Gasteiger charge is 2.22. The van der Waals surface area contributed by atoms with Gasteiger partial charge in [-0.15, -0.1) is 0 Å². The molecule has 2 aliphatic rings. The number of benzene rings is 3. The Morgan fingerprint density at radius 3 is 2.30 bits per heavy atom. The Kier molecular flexibility index (Phi) is 11.2. The smallest absolute Gasteiger partial charge is 0.234 e. The molecule has 2 aliphatic heterocycles. The fourth-order valence-corrected chi connectivity index (χ4v) is 5.79. The number of piperazine rings is 1. The molecule has 0 radical (unpaired) electrons. The number of nitrogens with zero attached hydrogens (tertiary/aromatic N) is 3. The van der Waals surface area contributed by atoms with Crippen molar-refractivity contribution in [2.75, 3.05) is 45.9 Å². The predicted molar refractivity (Wildman–Crippen MR) is 166 cm³/mol. The van der Waals surface area contributed by atoms with E-state index in [9.17, 15) is 14.0 Å². The molecule has 0 aromatic heterocycles. The molecule has 0 spiro atoms. The van der Waals surface area contributed by atoms with Crippen molar-refractivity contribution in [2.24, 2.45) is 0 Å². The van der Waals surface area contributed by atoms with Crippen molar-refractivity contribution in [2.45, 2.75) is 51.7 Å². The van der Waals surface area contributed by atoms with Crippen molar-refractivity contribution in [3.63, 3.8) is 0 Å². The van der Waals surface area contributed by atoms with Gasteiger partial charge in [-0.25, -0.2) is 4.39 Å². The lowest BCUT2D eigenvalue weighted by molar-refractivity contribution is -0.133. The molecule has 2 heterocycles. The molecule has 1 N–H and O–H groups in total. The SMILES string of the molecule is O=C1CN(Cc2ccccc2)Cc2cc(CCC(=O)N3CCN(Cc4ccc(F)cc4)CC3)ccc2OCCCCCN1. The van der Waals surface area contributed by atoms with Crippen LogP contribution in [-0.4, -0.2) is 72.4 Å². The largest absolute Gasteiger partial charge is 0.493 e. The van der Waals surface area contributed by atoms with Crippen LogP contribution in [0, 0.1) is 5.82 Å².